The maximum Gasteiger partial charge on any atom is 0.251 e. The van der Waals surface area contributed by atoms with E-state index in [4.69, 9.17) is 4.74 Å². The predicted molar refractivity (Wildman–Crippen MR) is 113 cm³/mol. The normalized spacial score (nSPS) is 10.7. The van der Waals surface area contributed by atoms with Gasteiger partial charge in [-0.2, -0.15) is 0 Å². The molecule has 1 heterocycles. The van der Waals surface area contributed by atoms with E-state index < -0.39 is 0 Å². The quantitative estimate of drug-likeness (QED) is 0.543. The van der Waals surface area contributed by atoms with Crippen molar-refractivity contribution in [1.82, 2.24) is 14.9 Å². The standard InChI is InChI=1S/C22H26N4O3/c1-3-5-14-29-17-12-10-16(11-13-17)21(28)23-15-20(27)25-22-24-18-8-6-7-9-19(18)26(22)4-2/h6-13H,3-5,14-15H2,1-2H3,(H,23,28)(H,24,25,27). The summed E-state index contributed by atoms with van der Waals surface area (Å²) in [5.41, 5.74) is 2.24. The number of imidazole rings is 1. The zero-order chi connectivity index (χ0) is 20.6. The van der Waals surface area contributed by atoms with Crippen molar-refractivity contribution in [3.8, 4) is 5.75 Å². The van der Waals surface area contributed by atoms with Crippen LogP contribution in [0.15, 0.2) is 48.5 Å². The van der Waals surface area contributed by atoms with Crippen LogP contribution in [0.2, 0.25) is 0 Å². The van der Waals surface area contributed by atoms with Gasteiger partial charge in [-0.05, 0) is 49.7 Å². The van der Waals surface area contributed by atoms with Gasteiger partial charge in [0.1, 0.15) is 5.75 Å². The lowest BCUT2D eigenvalue weighted by atomic mass is 10.2. The second kappa shape index (κ2) is 9.73. The number of anilines is 1. The predicted octanol–water partition coefficient (Wildman–Crippen LogP) is 3.60. The molecule has 0 aliphatic heterocycles. The van der Waals surface area contributed by atoms with E-state index in [9.17, 15) is 9.59 Å². The maximum absolute atomic E-state index is 12.3. The summed E-state index contributed by atoms with van der Waals surface area (Å²) in [5, 5.41) is 5.41. The molecule has 0 saturated carbocycles. The van der Waals surface area contributed by atoms with Gasteiger partial charge in [-0.3, -0.25) is 14.9 Å². The van der Waals surface area contributed by atoms with E-state index >= 15 is 0 Å². The molecule has 0 saturated heterocycles. The summed E-state index contributed by atoms with van der Waals surface area (Å²) in [6, 6.07) is 14.6. The van der Waals surface area contributed by atoms with E-state index in [1.54, 1.807) is 24.3 Å². The monoisotopic (exact) mass is 394 g/mol. The Kier molecular flexibility index (Phi) is 6.84. The fraction of sp³-hybridized carbons (Fsp3) is 0.318. The number of nitrogens with zero attached hydrogens (tertiary/aromatic N) is 2. The van der Waals surface area contributed by atoms with Crippen LogP contribution in [0.25, 0.3) is 11.0 Å². The topological polar surface area (TPSA) is 85.2 Å². The third-order valence-electron chi connectivity index (χ3n) is 4.51. The van der Waals surface area contributed by atoms with Crippen LogP contribution in [0.3, 0.4) is 0 Å². The number of aryl methyl sites for hydroxylation is 1. The molecule has 0 unspecified atom stereocenters. The number of aromatic nitrogens is 2. The molecule has 3 aromatic rings. The van der Waals surface area contributed by atoms with Crippen LogP contribution >= 0.6 is 0 Å². The lowest BCUT2D eigenvalue weighted by Gasteiger charge is -2.09. The van der Waals surface area contributed by atoms with Crippen molar-refractivity contribution >= 4 is 28.8 Å². The van der Waals surface area contributed by atoms with Gasteiger partial charge in [0.25, 0.3) is 5.91 Å². The number of fused-ring (bicyclic) bond motifs is 1. The van der Waals surface area contributed by atoms with Gasteiger partial charge in [-0.1, -0.05) is 25.5 Å². The van der Waals surface area contributed by atoms with Gasteiger partial charge in [0, 0.05) is 12.1 Å². The minimum absolute atomic E-state index is 0.138. The van der Waals surface area contributed by atoms with Gasteiger partial charge in [0.2, 0.25) is 11.9 Å². The molecule has 2 amide bonds. The zero-order valence-corrected chi connectivity index (χ0v) is 16.8. The van der Waals surface area contributed by atoms with Crippen LogP contribution in [0.4, 0.5) is 5.95 Å². The summed E-state index contributed by atoms with van der Waals surface area (Å²) in [6.45, 7) is 5.28. The third-order valence-corrected chi connectivity index (χ3v) is 4.51. The lowest BCUT2D eigenvalue weighted by Crippen LogP contribution is -2.33. The number of hydrogen-bond acceptors (Lipinski definition) is 4. The molecule has 0 spiro atoms. The number of nitrogens with one attached hydrogen (secondary N) is 2. The fourth-order valence-corrected chi connectivity index (χ4v) is 2.96. The molecule has 7 heteroatoms. The van der Waals surface area contributed by atoms with Crippen LogP contribution < -0.4 is 15.4 Å². The molecule has 7 nitrogen and oxygen atoms in total. The Morgan fingerprint density at radius 3 is 2.55 bits per heavy atom. The summed E-state index contributed by atoms with van der Waals surface area (Å²) in [5.74, 6) is 0.555. The Bertz CT molecular complexity index is 979. The van der Waals surface area contributed by atoms with Gasteiger partial charge >= 0.3 is 0 Å². The van der Waals surface area contributed by atoms with Crippen molar-refractivity contribution in [2.24, 2.45) is 0 Å². The first-order valence-corrected chi connectivity index (χ1v) is 9.88. The largest absolute Gasteiger partial charge is 0.494 e. The highest BCUT2D eigenvalue weighted by Crippen LogP contribution is 2.19. The average molecular weight is 394 g/mol. The molecule has 152 valence electrons. The van der Waals surface area contributed by atoms with Crippen LogP contribution in [0.5, 0.6) is 5.75 Å². The summed E-state index contributed by atoms with van der Waals surface area (Å²) >= 11 is 0. The van der Waals surface area contributed by atoms with Gasteiger partial charge in [0.15, 0.2) is 0 Å². The Labute approximate surface area is 170 Å². The number of amides is 2. The van der Waals surface area contributed by atoms with Crippen molar-refractivity contribution < 1.29 is 14.3 Å². The molecular weight excluding hydrogens is 368 g/mol. The highest BCUT2D eigenvalue weighted by atomic mass is 16.5. The molecule has 1 aromatic heterocycles. The van der Waals surface area contributed by atoms with Crippen LogP contribution in [-0.4, -0.2) is 34.5 Å². The molecule has 3 rings (SSSR count). The Balaban J connectivity index is 1.55. The molecule has 29 heavy (non-hydrogen) atoms. The van der Waals surface area contributed by atoms with E-state index in [2.05, 4.69) is 22.5 Å². The number of carbonyl (C=O) groups excluding carboxylic acids is 2. The van der Waals surface area contributed by atoms with Gasteiger partial charge in [-0.25, -0.2) is 4.98 Å². The SMILES string of the molecule is CCCCOc1ccc(C(=O)NCC(=O)Nc2nc3ccccc3n2CC)cc1. The van der Waals surface area contributed by atoms with Crippen molar-refractivity contribution in [2.45, 2.75) is 33.2 Å². The minimum Gasteiger partial charge on any atom is -0.494 e. The van der Waals surface area contributed by atoms with Crippen LogP contribution in [-0.2, 0) is 11.3 Å². The molecule has 0 bridgehead atoms. The molecule has 0 aliphatic carbocycles. The van der Waals surface area contributed by atoms with Gasteiger partial charge in [0.05, 0.1) is 24.2 Å². The van der Waals surface area contributed by atoms with Crippen molar-refractivity contribution in [2.75, 3.05) is 18.5 Å². The lowest BCUT2D eigenvalue weighted by molar-refractivity contribution is -0.115. The molecule has 2 aromatic carbocycles. The number of hydrogen-bond donors (Lipinski definition) is 2. The Morgan fingerprint density at radius 1 is 1.07 bits per heavy atom. The number of carbonyl (C=O) groups is 2. The summed E-state index contributed by atoms with van der Waals surface area (Å²) in [6.07, 6.45) is 2.06. The maximum atomic E-state index is 12.3. The molecule has 2 N–H and O–H groups in total. The van der Waals surface area contributed by atoms with E-state index in [1.165, 1.54) is 0 Å². The molecule has 0 atom stereocenters. The van der Waals surface area contributed by atoms with Crippen LogP contribution in [0, 0.1) is 0 Å². The first kappa shape index (κ1) is 20.4. The first-order chi connectivity index (χ1) is 14.1. The van der Waals surface area contributed by atoms with Crippen molar-refractivity contribution in [3.05, 3.63) is 54.1 Å². The molecular formula is C22H26N4O3. The van der Waals surface area contributed by atoms with E-state index in [0.29, 0.717) is 24.7 Å². The van der Waals surface area contributed by atoms with Crippen molar-refractivity contribution in [3.63, 3.8) is 0 Å². The minimum atomic E-state index is -0.331. The molecule has 0 fully saturated rings. The van der Waals surface area contributed by atoms with Gasteiger partial charge in [-0.15, -0.1) is 0 Å². The second-order valence-corrected chi connectivity index (χ2v) is 6.63. The Morgan fingerprint density at radius 2 is 1.83 bits per heavy atom. The molecule has 0 aliphatic rings. The number of unbranched alkanes of at least 4 members (excludes halogenated alkanes) is 1. The average Bonchev–Trinajstić information content (AvgIpc) is 3.09. The number of rotatable bonds is 9. The second-order valence-electron chi connectivity index (χ2n) is 6.63. The number of para-hydroxylation sites is 2. The third kappa shape index (κ3) is 5.13. The summed E-state index contributed by atoms with van der Waals surface area (Å²) < 4.78 is 7.51. The van der Waals surface area contributed by atoms with Crippen LogP contribution in [0.1, 0.15) is 37.0 Å². The van der Waals surface area contributed by atoms with Crippen molar-refractivity contribution in [1.29, 1.82) is 0 Å². The molecule has 0 radical (unpaired) electrons. The van der Waals surface area contributed by atoms with E-state index in [1.807, 2.05) is 35.8 Å². The highest BCUT2D eigenvalue weighted by molar-refractivity contribution is 5.99. The fourth-order valence-electron chi connectivity index (χ4n) is 2.96. The Hall–Kier alpha value is -3.35. The number of benzene rings is 2. The zero-order valence-electron chi connectivity index (χ0n) is 16.8. The van der Waals surface area contributed by atoms with E-state index in [-0.39, 0.29) is 18.4 Å². The summed E-state index contributed by atoms with van der Waals surface area (Å²) in [4.78, 5) is 29.0. The number of ether oxygens (including phenoxy) is 1. The van der Waals surface area contributed by atoms with Gasteiger partial charge < -0.3 is 14.6 Å². The smallest absolute Gasteiger partial charge is 0.251 e. The summed E-state index contributed by atoms with van der Waals surface area (Å²) in [7, 11) is 0. The first-order valence-electron chi connectivity index (χ1n) is 9.88. The van der Waals surface area contributed by atoms with E-state index in [0.717, 1.165) is 29.6 Å². The highest BCUT2D eigenvalue weighted by Gasteiger charge is 2.13.